The van der Waals surface area contributed by atoms with Crippen LogP contribution in [0.5, 0.6) is 11.5 Å². The summed E-state index contributed by atoms with van der Waals surface area (Å²) in [4.78, 5) is 25.5. The van der Waals surface area contributed by atoms with Crippen LogP contribution >= 0.6 is 15.9 Å². The lowest BCUT2D eigenvalue weighted by atomic mass is 10.1. The standard InChI is InChI=1S/C18H14BrFN2O4/c1-26-15-8-12(19)6-11(16(15)23)7-14-17(24)22(18(25)21-14)9-10-4-2-3-5-13(10)20/h2-8,23H,9H2,1H3,(H,21,25)/b14-7+. The second kappa shape index (κ2) is 7.17. The molecule has 0 atom stereocenters. The van der Waals surface area contributed by atoms with E-state index in [9.17, 15) is 19.1 Å². The number of nitrogens with zero attached hydrogens (tertiary/aromatic N) is 1. The fourth-order valence-electron chi connectivity index (χ4n) is 2.53. The molecule has 0 saturated carbocycles. The maximum Gasteiger partial charge on any atom is 0.329 e. The molecule has 2 aromatic carbocycles. The van der Waals surface area contributed by atoms with E-state index in [2.05, 4.69) is 21.2 Å². The van der Waals surface area contributed by atoms with E-state index >= 15 is 0 Å². The van der Waals surface area contributed by atoms with Crippen LogP contribution in [0.15, 0.2) is 46.6 Å². The van der Waals surface area contributed by atoms with E-state index in [4.69, 9.17) is 4.74 Å². The number of carbonyl (C=O) groups excluding carboxylic acids is 2. The molecule has 1 aliphatic heterocycles. The zero-order valence-electron chi connectivity index (χ0n) is 13.6. The number of urea groups is 1. The van der Waals surface area contributed by atoms with Crippen molar-refractivity contribution in [3.8, 4) is 11.5 Å². The summed E-state index contributed by atoms with van der Waals surface area (Å²) in [5.41, 5.74) is 0.485. The maximum atomic E-state index is 13.8. The van der Waals surface area contributed by atoms with Crippen LogP contribution in [0.1, 0.15) is 11.1 Å². The molecule has 0 radical (unpaired) electrons. The quantitative estimate of drug-likeness (QED) is 0.586. The number of benzene rings is 2. The van der Waals surface area contributed by atoms with Gasteiger partial charge < -0.3 is 15.2 Å². The van der Waals surface area contributed by atoms with Gasteiger partial charge in [-0.05, 0) is 24.3 Å². The van der Waals surface area contributed by atoms with Gasteiger partial charge in [-0.1, -0.05) is 34.1 Å². The van der Waals surface area contributed by atoms with E-state index in [-0.39, 0.29) is 34.9 Å². The van der Waals surface area contributed by atoms with Crippen LogP contribution in [0.25, 0.3) is 6.08 Å². The first-order valence-electron chi connectivity index (χ1n) is 7.55. The molecule has 0 spiro atoms. The van der Waals surface area contributed by atoms with Gasteiger partial charge in [0.05, 0.1) is 13.7 Å². The predicted octanol–water partition coefficient (Wildman–Crippen LogP) is 3.40. The summed E-state index contributed by atoms with van der Waals surface area (Å²) < 4.78 is 19.5. The minimum absolute atomic E-state index is 0.0261. The van der Waals surface area contributed by atoms with Gasteiger partial charge in [-0.2, -0.15) is 0 Å². The van der Waals surface area contributed by atoms with Crippen LogP contribution < -0.4 is 10.1 Å². The Bertz CT molecular complexity index is 929. The second-order valence-electron chi connectivity index (χ2n) is 5.52. The molecule has 1 fully saturated rings. The minimum Gasteiger partial charge on any atom is -0.504 e. The van der Waals surface area contributed by atoms with Crippen LogP contribution in [0.4, 0.5) is 9.18 Å². The van der Waals surface area contributed by atoms with Gasteiger partial charge in [0.15, 0.2) is 11.5 Å². The average Bonchev–Trinajstić information content (AvgIpc) is 2.87. The van der Waals surface area contributed by atoms with Gasteiger partial charge in [-0.15, -0.1) is 0 Å². The van der Waals surface area contributed by atoms with Crippen molar-refractivity contribution < 1.29 is 23.8 Å². The van der Waals surface area contributed by atoms with Gasteiger partial charge in [0, 0.05) is 15.6 Å². The number of phenolic OH excluding ortho intramolecular Hbond substituents is 1. The number of halogens is 2. The number of carbonyl (C=O) groups is 2. The SMILES string of the molecule is COc1cc(Br)cc(/C=C2/NC(=O)N(Cc3ccccc3F)C2=O)c1O. The van der Waals surface area contributed by atoms with Crippen molar-refractivity contribution in [1.82, 2.24) is 10.2 Å². The van der Waals surface area contributed by atoms with Crippen molar-refractivity contribution in [3.63, 3.8) is 0 Å². The van der Waals surface area contributed by atoms with Gasteiger partial charge in [0.2, 0.25) is 0 Å². The van der Waals surface area contributed by atoms with Crippen LogP contribution in [0.3, 0.4) is 0 Å². The molecule has 0 aliphatic carbocycles. The van der Waals surface area contributed by atoms with Gasteiger partial charge in [-0.25, -0.2) is 9.18 Å². The molecule has 0 aromatic heterocycles. The zero-order valence-corrected chi connectivity index (χ0v) is 15.2. The molecule has 3 rings (SSSR count). The summed E-state index contributed by atoms with van der Waals surface area (Å²) in [5.74, 6) is -1.07. The largest absolute Gasteiger partial charge is 0.504 e. The minimum atomic E-state index is -0.661. The molecule has 1 saturated heterocycles. The molecule has 8 heteroatoms. The second-order valence-corrected chi connectivity index (χ2v) is 6.43. The molecule has 26 heavy (non-hydrogen) atoms. The molecule has 134 valence electrons. The fraction of sp³-hybridized carbons (Fsp3) is 0.111. The van der Waals surface area contributed by atoms with Gasteiger partial charge in [0.25, 0.3) is 5.91 Å². The summed E-state index contributed by atoms with van der Waals surface area (Å²) in [6.45, 7) is -0.192. The van der Waals surface area contributed by atoms with E-state index in [1.54, 1.807) is 18.2 Å². The van der Waals surface area contributed by atoms with Crippen molar-refractivity contribution in [1.29, 1.82) is 0 Å². The Kier molecular flexibility index (Phi) is 4.94. The molecular formula is C18H14BrFN2O4. The van der Waals surface area contributed by atoms with Crippen LogP contribution in [-0.4, -0.2) is 29.1 Å². The average molecular weight is 421 g/mol. The Labute approximate surface area is 157 Å². The number of phenols is 1. The highest BCUT2D eigenvalue weighted by molar-refractivity contribution is 9.10. The predicted molar refractivity (Wildman–Crippen MR) is 95.8 cm³/mol. The number of nitrogens with one attached hydrogen (secondary N) is 1. The third-order valence-corrected chi connectivity index (χ3v) is 4.30. The zero-order chi connectivity index (χ0) is 18.8. The molecule has 1 aliphatic rings. The Morgan fingerprint density at radius 3 is 2.73 bits per heavy atom. The Balaban J connectivity index is 1.91. The topological polar surface area (TPSA) is 78.9 Å². The number of hydrogen-bond acceptors (Lipinski definition) is 4. The number of hydrogen-bond donors (Lipinski definition) is 2. The first-order chi connectivity index (χ1) is 12.4. The number of imide groups is 1. The molecule has 0 bridgehead atoms. The fourth-order valence-corrected chi connectivity index (χ4v) is 2.98. The molecule has 6 nitrogen and oxygen atoms in total. The molecule has 2 aromatic rings. The van der Waals surface area contributed by atoms with Gasteiger partial charge in [-0.3, -0.25) is 9.69 Å². The molecule has 3 amide bonds. The summed E-state index contributed by atoms with van der Waals surface area (Å²) >= 11 is 3.28. The Hall–Kier alpha value is -2.87. The number of methoxy groups -OCH3 is 1. The first kappa shape index (κ1) is 17.9. The van der Waals surface area contributed by atoms with E-state index in [1.807, 2.05) is 0 Å². The smallest absolute Gasteiger partial charge is 0.329 e. The van der Waals surface area contributed by atoms with Crippen molar-refractivity contribution >= 4 is 33.9 Å². The highest BCUT2D eigenvalue weighted by Gasteiger charge is 2.34. The van der Waals surface area contributed by atoms with Crippen molar-refractivity contribution in [2.75, 3.05) is 7.11 Å². The van der Waals surface area contributed by atoms with Gasteiger partial charge in [0.1, 0.15) is 11.5 Å². The monoisotopic (exact) mass is 420 g/mol. The van der Waals surface area contributed by atoms with Gasteiger partial charge >= 0.3 is 6.03 Å². The lowest BCUT2D eigenvalue weighted by molar-refractivity contribution is -0.123. The number of aromatic hydroxyl groups is 1. The van der Waals surface area contributed by atoms with Crippen molar-refractivity contribution in [3.05, 3.63) is 63.5 Å². The molecule has 0 unspecified atom stereocenters. The van der Waals surface area contributed by atoms with E-state index in [0.717, 1.165) is 4.90 Å². The summed E-state index contributed by atoms with van der Waals surface area (Å²) in [6.07, 6.45) is 1.34. The van der Waals surface area contributed by atoms with Crippen LogP contribution in [-0.2, 0) is 11.3 Å². The summed E-state index contributed by atoms with van der Waals surface area (Å²) in [5, 5.41) is 12.6. The van der Waals surface area contributed by atoms with Crippen molar-refractivity contribution in [2.45, 2.75) is 6.54 Å². The summed E-state index contributed by atoms with van der Waals surface area (Å²) in [7, 11) is 1.40. The molecular weight excluding hydrogens is 407 g/mol. The maximum absolute atomic E-state index is 13.8. The number of amides is 3. The van der Waals surface area contributed by atoms with Crippen LogP contribution in [0, 0.1) is 5.82 Å². The third kappa shape index (κ3) is 3.41. The van der Waals surface area contributed by atoms with E-state index < -0.39 is 17.8 Å². The number of rotatable bonds is 4. The summed E-state index contributed by atoms with van der Waals surface area (Å²) in [6, 6.07) is 8.39. The Morgan fingerprint density at radius 2 is 2.04 bits per heavy atom. The Morgan fingerprint density at radius 1 is 1.31 bits per heavy atom. The van der Waals surface area contributed by atoms with E-state index in [0.29, 0.717) is 4.47 Å². The van der Waals surface area contributed by atoms with Crippen LogP contribution in [0.2, 0.25) is 0 Å². The first-order valence-corrected chi connectivity index (χ1v) is 8.34. The normalized spacial score (nSPS) is 15.5. The highest BCUT2D eigenvalue weighted by Crippen LogP contribution is 2.35. The van der Waals surface area contributed by atoms with Crippen molar-refractivity contribution in [2.24, 2.45) is 0 Å². The lowest BCUT2D eigenvalue weighted by Crippen LogP contribution is -2.30. The van der Waals surface area contributed by atoms with E-state index in [1.165, 1.54) is 31.4 Å². The highest BCUT2D eigenvalue weighted by atomic mass is 79.9. The molecule has 2 N–H and O–H groups in total. The molecule has 1 heterocycles. The lowest BCUT2D eigenvalue weighted by Gasteiger charge is -2.12. The number of ether oxygens (including phenoxy) is 1. The third-order valence-electron chi connectivity index (χ3n) is 3.84.